The molecule has 146 valence electrons. The van der Waals surface area contributed by atoms with Crippen molar-refractivity contribution in [1.29, 1.82) is 0 Å². The van der Waals surface area contributed by atoms with E-state index >= 15 is 0 Å². The number of hydrogen-bond donors (Lipinski definition) is 0. The van der Waals surface area contributed by atoms with Gasteiger partial charge in [0.15, 0.2) is 11.5 Å². The molecule has 1 aliphatic heterocycles. The molecule has 0 radical (unpaired) electrons. The third-order valence-electron chi connectivity index (χ3n) is 4.65. The lowest BCUT2D eigenvalue weighted by molar-refractivity contribution is -0.298. The zero-order valence-electron chi connectivity index (χ0n) is 16.4. The van der Waals surface area contributed by atoms with Crippen LogP contribution in [0.1, 0.15) is 55.1 Å². The Bertz CT molecular complexity index is 771. The van der Waals surface area contributed by atoms with Gasteiger partial charge in [-0.05, 0) is 25.8 Å². The van der Waals surface area contributed by atoms with Crippen LogP contribution in [-0.2, 0) is 32.8 Å². The first-order valence-corrected chi connectivity index (χ1v) is 9.32. The molecule has 0 saturated carbocycles. The Labute approximate surface area is 159 Å². The molecular formula is C21H27NO5. The van der Waals surface area contributed by atoms with Gasteiger partial charge in [-0.2, -0.15) is 0 Å². The first-order chi connectivity index (χ1) is 12.8. The van der Waals surface area contributed by atoms with Crippen LogP contribution >= 0.6 is 0 Å². The van der Waals surface area contributed by atoms with E-state index in [-0.39, 0.29) is 17.7 Å². The van der Waals surface area contributed by atoms with E-state index < -0.39 is 11.8 Å². The summed E-state index contributed by atoms with van der Waals surface area (Å²) in [6, 6.07) is 10.1. The van der Waals surface area contributed by atoms with E-state index in [1.54, 1.807) is 6.92 Å². The van der Waals surface area contributed by atoms with Crippen molar-refractivity contribution in [3.8, 4) is 0 Å². The van der Waals surface area contributed by atoms with Crippen LogP contribution in [0.5, 0.6) is 0 Å². The molecule has 1 aliphatic rings. The molecule has 2 aromatic rings. The van der Waals surface area contributed by atoms with Crippen LogP contribution < -0.4 is 0 Å². The van der Waals surface area contributed by atoms with Gasteiger partial charge in [-0.1, -0.05) is 49.3 Å². The summed E-state index contributed by atoms with van der Waals surface area (Å²) in [5.41, 5.74) is 1.74. The van der Waals surface area contributed by atoms with Crippen molar-refractivity contribution < 1.29 is 23.5 Å². The number of hydrogen-bond acceptors (Lipinski definition) is 6. The molecule has 6 heteroatoms. The monoisotopic (exact) mass is 373 g/mol. The summed E-state index contributed by atoms with van der Waals surface area (Å²) in [6.45, 7) is 8.99. The third-order valence-corrected chi connectivity index (χ3v) is 4.65. The maximum absolute atomic E-state index is 12.4. The minimum atomic E-state index is -1.09. The van der Waals surface area contributed by atoms with Crippen molar-refractivity contribution in [2.75, 3.05) is 19.8 Å². The molecule has 1 aromatic heterocycles. The van der Waals surface area contributed by atoms with E-state index in [2.05, 4.69) is 31.1 Å². The number of aryl methyl sites for hydroxylation is 2. The average Bonchev–Trinajstić information content (AvgIpc) is 3.09. The largest absolute Gasteiger partial charge is 0.461 e. The quantitative estimate of drug-likeness (QED) is 0.716. The van der Waals surface area contributed by atoms with Gasteiger partial charge < -0.3 is 18.7 Å². The molecule has 0 bridgehead atoms. The second-order valence-corrected chi connectivity index (χ2v) is 7.72. The molecule has 1 aromatic carbocycles. The second kappa shape index (κ2) is 7.82. The molecule has 1 saturated heterocycles. The lowest BCUT2D eigenvalue weighted by Crippen LogP contribution is -2.44. The van der Waals surface area contributed by atoms with Gasteiger partial charge in [-0.25, -0.2) is 4.79 Å². The standard InChI is InChI=1S/C21H27NO5/c1-5-24-19(23)18-17(21(4)25-13-20(2,3)14-26-21)16(27-22-18)12-11-15-9-7-6-8-10-15/h6-10H,5,11-14H2,1-4H3. The van der Waals surface area contributed by atoms with Crippen LogP contribution in [0, 0.1) is 5.41 Å². The van der Waals surface area contributed by atoms with Gasteiger partial charge in [-0.3, -0.25) is 0 Å². The number of ether oxygens (including phenoxy) is 3. The maximum Gasteiger partial charge on any atom is 0.361 e. The summed E-state index contributed by atoms with van der Waals surface area (Å²) < 4.78 is 22.8. The highest BCUT2D eigenvalue weighted by Crippen LogP contribution is 2.39. The number of esters is 1. The Hall–Kier alpha value is -2.18. The SMILES string of the molecule is CCOC(=O)c1noc(CCc2ccccc2)c1C1(C)OCC(C)(C)CO1. The van der Waals surface area contributed by atoms with E-state index in [0.29, 0.717) is 31.0 Å². The lowest BCUT2D eigenvalue weighted by Gasteiger charge is -2.41. The summed E-state index contributed by atoms with van der Waals surface area (Å²) in [5.74, 6) is -1.03. The minimum absolute atomic E-state index is 0.0923. The fourth-order valence-corrected chi connectivity index (χ4v) is 3.10. The van der Waals surface area contributed by atoms with Crippen LogP contribution in [0.25, 0.3) is 0 Å². The zero-order chi connectivity index (χ0) is 19.5. The van der Waals surface area contributed by atoms with Gasteiger partial charge in [-0.15, -0.1) is 0 Å². The van der Waals surface area contributed by atoms with Gasteiger partial charge in [0.25, 0.3) is 0 Å². The molecule has 3 rings (SSSR count). The molecule has 0 atom stereocenters. The van der Waals surface area contributed by atoms with Crippen molar-refractivity contribution in [2.45, 2.75) is 46.3 Å². The number of benzene rings is 1. The molecule has 2 heterocycles. The summed E-state index contributed by atoms with van der Waals surface area (Å²) in [5, 5.41) is 3.99. The van der Waals surface area contributed by atoms with E-state index in [9.17, 15) is 4.79 Å². The normalized spacial score (nSPS) is 18.2. The van der Waals surface area contributed by atoms with Gasteiger partial charge in [0.05, 0.1) is 25.4 Å². The van der Waals surface area contributed by atoms with Crippen LogP contribution in [0.2, 0.25) is 0 Å². The molecular weight excluding hydrogens is 346 g/mol. The predicted octanol–water partition coefficient (Wildman–Crippen LogP) is 3.88. The maximum atomic E-state index is 12.4. The second-order valence-electron chi connectivity index (χ2n) is 7.72. The molecule has 1 fully saturated rings. The zero-order valence-corrected chi connectivity index (χ0v) is 16.4. The summed E-state index contributed by atoms with van der Waals surface area (Å²) in [6.07, 6.45) is 1.34. The average molecular weight is 373 g/mol. The highest BCUT2D eigenvalue weighted by molar-refractivity contribution is 5.89. The number of carbonyl (C=O) groups excluding carboxylic acids is 1. The molecule has 27 heavy (non-hydrogen) atoms. The predicted molar refractivity (Wildman–Crippen MR) is 99.3 cm³/mol. The molecule has 0 unspecified atom stereocenters. The fraction of sp³-hybridized carbons (Fsp3) is 0.524. The highest BCUT2D eigenvalue weighted by atomic mass is 16.7. The minimum Gasteiger partial charge on any atom is -0.461 e. The Morgan fingerprint density at radius 1 is 1.11 bits per heavy atom. The van der Waals surface area contributed by atoms with Crippen LogP contribution in [-0.4, -0.2) is 30.9 Å². The van der Waals surface area contributed by atoms with Crippen LogP contribution in [0.4, 0.5) is 0 Å². The van der Waals surface area contributed by atoms with Crippen LogP contribution in [0.15, 0.2) is 34.9 Å². The van der Waals surface area contributed by atoms with Gasteiger partial charge in [0.1, 0.15) is 5.76 Å². The fourth-order valence-electron chi connectivity index (χ4n) is 3.10. The first-order valence-electron chi connectivity index (χ1n) is 9.32. The molecule has 0 amide bonds. The number of aromatic nitrogens is 1. The summed E-state index contributed by atoms with van der Waals surface area (Å²) >= 11 is 0. The van der Waals surface area contributed by atoms with E-state index in [0.717, 1.165) is 6.42 Å². The summed E-state index contributed by atoms with van der Waals surface area (Å²) in [4.78, 5) is 12.4. The van der Waals surface area contributed by atoms with Crippen molar-refractivity contribution in [1.82, 2.24) is 5.16 Å². The third kappa shape index (κ3) is 4.39. The molecule has 0 spiro atoms. The molecule has 6 nitrogen and oxygen atoms in total. The smallest absolute Gasteiger partial charge is 0.361 e. The Kier molecular flexibility index (Phi) is 5.67. The number of rotatable bonds is 6. The van der Waals surface area contributed by atoms with Crippen molar-refractivity contribution in [3.63, 3.8) is 0 Å². The van der Waals surface area contributed by atoms with E-state index in [4.69, 9.17) is 18.7 Å². The van der Waals surface area contributed by atoms with Gasteiger partial charge >= 0.3 is 5.97 Å². The Morgan fingerprint density at radius 2 is 1.78 bits per heavy atom. The molecule has 0 aliphatic carbocycles. The van der Waals surface area contributed by atoms with Crippen LogP contribution in [0.3, 0.4) is 0 Å². The Balaban J connectivity index is 1.90. The van der Waals surface area contributed by atoms with Crippen molar-refractivity contribution in [2.24, 2.45) is 5.41 Å². The van der Waals surface area contributed by atoms with E-state index in [1.807, 2.05) is 25.1 Å². The van der Waals surface area contributed by atoms with Gasteiger partial charge in [0, 0.05) is 11.8 Å². The number of nitrogens with zero attached hydrogens (tertiary/aromatic N) is 1. The van der Waals surface area contributed by atoms with Gasteiger partial charge in [0.2, 0.25) is 0 Å². The van der Waals surface area contributed by atoms with Crippen molar-refractivity contribution >= 4 is 5.97 Å². The lowest BCUT2D eigenvalue weighted by atomic mass is 9.92. The molecule has 0 N–H and O–H groups in total. The summed E-state index contributed by atoms with van der Waals surface area (Å²) in [7, 11) is 0. The first kappa shape index (κ1) is 19.6. The number of carbonyl (C=O) groups is 1. The van der Waals surface area contributed by atoms with Crippen molar-refractivity contribution in [3.05, 3.63) is 52.9 Å². The van der Waals surface area contributed by atoms with E-state index in [1.165, 1.54) is 5.56 Å². The Morgan fingerprint density at radius 3 is 2.41 bits per heavy atom. The highest BCUT2D eigenvalue weighted by Gasteiger charge is 2.44. The topological polar surface area (TPSA) is 70.8 Å².